The number of nitrogens with two attached hydrogens (primary N) is 1. The predicted molar refractivity (Wildman–Crippen MR) is 72.2 cm³/mol. The third-order valence-corrected chi connectivity index (χ3v) is 2.57. The van der Waals surface area contributed by atoms with Crippen molar-refractivity contribution in [3.05, 3.63) is 28.7 Å². The fraction of sp³-hybridized carbons (Fsp3) is 0.364. The summed E-state index contributed by atoms with van der Waals surface area (Å²) in [4.78, 5) is 4.33. The molecule has 0 unspecified atom stereocenters. The molecule has 0 heterocycles. The van der Waals surface area contributed by atoms with Crippen molar-refractivity contribution in [1.29, 1.82) is 0 Å². The Morgan fingerprint density at radius 1 is 1.44 bits per heavy atom. The summed E-state index contributed by atoms with van der Waals surface area (Å²) in [6, 6.07) is 7.81. The summed E-state index contributed by atoms with van der Waals surface area (Å²) in [5.74, 6) is 6.47. The quantitative estimate of drug-likeness (QED) is 0.346. The second-order valence-corrected chi connectivity index (χ2v) is 4.69. The Labute approximate surface area is 104 Å². The molecular formula is C11H17BrN4. The van der Waals surface area contributed by atoms with Gasteiger partial charge in [-0.2, -0.15) is 0 Å². The average molecular weight is 285 g/mol. The van der Waals surface area contributed by atoms with E-state index in [4.69, 9.17) is 5.84 Å². The van der Waals surface area contributed by atoms with Gasteiger partial charge < -0.3 is 5.32 Å². The number of rotatable bonds is 3. The molecule has 1 aromatic carbocycles. The molecule has 0 aliphatic rings. The van der Waals surface area contributed by atoms with E-state index in [0.717, 1.165) is 16.7 Å². The summed E-state index contributed by atoms with van der Waals surface area (Å²) in [6.07, 6.45) is 0. The van der Waals surface area contributed by atoms with Gasteiger partial charge in [-0.05, 0) is 34.0 Å². The molecule has 88 valence electrons. The minimum absolute atomic E-state index is 0.504. The Morgan fingerprint density at radius 3 is 2.69 bits per heavy atom. The lowest BCUT2D eigenvalue weighted by Crippen LogP contribution is -2.36. The summed E-state index contributed by atoms with van der Waals surface area (Å²) >= 11 is 3.45. The van der Waals surface area contributed by atoms with Gasteiger partial charge in [-0.25, -0.2) is 5.84 Å². The van der Waals surface area contributed by atoms with Crippen LogP contribution in [0.15, 0.2) is 33.7 Å². The summed E-state index contributed by atoms with van der Waals surface area (Å²) in [6.45, 7) is 4.95. The number of anilines is 1. The zero-order valence-corrected chi connectivity index (χ0v) is 11.1. The number of nitrogens with zero attached hydrogens (tertiary/aromatic N) is 1. The molecule has 1 rings (SSSR count). The highest BCUT2D eigenvalue weighted by Gasteiger charge is 2.01. The van der Waals surface area contributed by atoms with Gasteiger partial charge >= 0.3 is 0 Å². The number of benzene rings is 1. The van der Waals surface area contributed by atoms with E-state index in [1.165, 1.54) is 0 Å². The van der Waals surface area contributed by atoms with Crippen LogP contribution in [0.4, 0.5) is 5.69 Å². The van der Waals surface area contributed by atoms with E-state index in [-0.39, 0.29) is 0 Å². The van der Waals surface area contributed by atoms with E-state index >= 15 is 0 Å². The van der Waals surface area contributed by atoms with Gasteiger partial charge in [0.1, 0.15) is 0 Å². The van der Waals surface area contributed by atoms with Crippen LogP contribution < -0.4 is 16.6 Å². The van der Waals surface area contributed by atoms with Crippen molar-refractivity contribution < 1.29 is 0 Å². The first-order chi connectivity index (χ1) is 7.63. The lowest BCUT2D eigenvalue weighted by molar-refractivity contribution is 0.663. The summed E-state index contributed by atoms with van der Waals surface area (Å²) in [7, 11) is 0. The predicted octanol–water partition coefficient (Wildman–Crippen LogP) is 2.34. The zero-order chi connectivity index (χ0) is 12.0. The Hall–Kier alpha value is -1.07. The monoisotopic (exact) mass is 284 g/mol. The number of halogens is 1. The Balaban J connectivity index is 2.70. The van der Waals surface area contributed by atoms with Crippen LogP contribution >= 0.6 is 15.9 Å². The van der Waals surface area contributed by atoms with E-state index < -0.39 is 0 Å². The molecule has 1 aromatic rings. The molecule has 0 aromatic heterocycles. The SMILES string of the molecule is CC(C)CN=C(NN)Nc1ccccc1Br. The normalized spacial score (nSPS) is 11.7. The molecule has 16 heavy (non-hydrogen) atoms. The second-order valence-electron chi connectivity index (χ2n) is 3.83. The second kappa shape index (κ2) is 6.50. The molecular weight excluding hydrogens is 268 g/mol. The van der Waals surface area contributed by atoms with Crippen LogP contribution in [0.2, 0.25) is 0 Å². The van der Waals surface area contributed by atoms with Gasteiger partial charge in [-0.3, -0.25) is 10.4 Å². The maximum atomic E-state index is 5.40. The van der Waals surface area contributed by atoms with Gasteiger partial charge in [0.15, 0.2) is 0 Å². The fourth-order valence-corrected chi connectivity index (χ4v) is 1.47. The van der Waals surface area contributed by atoms with E-state index in [1.54, 1.807) is 0 Å². The van der Waals surface area contributed by atoms with E-state index in [2.05, 4.69) is 45.5 Å². The van der Waals surface area contributed by atoms with Crippen molar-refractivity contribution >= 4 is 27.6 Å². The number of hydrazine groups is 1. The lowest BCUT2D eigenvalue weighted by atomic mass is 10.2. The lowest BCUT2D eigenvalue weighted by Gasteiger charge is -2.11. The molecule has 0 aliphatic heterocycles. The molecule has 0 radical (unpaired) electrons. The molecule has 0 amide bonds. The third-order valence-electron chi connectivity index (χ3n) is 1.88. The minimum Gasteiger partial charge on any atom is -0.324 e. The largest absolute Gasteiger partial charge is 0.324 e. The maximum absolute atomic E-state index is 5.40. The molecule has 0 atom stereocenters. The molecule has 0 bridgehead atoms. The molecule has 0 fully saturated rings. The molecule has 0 spiro atoms. The van der Waals surface area contributed by atoms with Gasteiger partial charge in [-0.15, -0.1) is 0 Å². The Morgan fingerprint density at radius 2 is 2.12 bits per heavy atom. The molecule has 5 heteroatoms. The first-order valence-electron chi connectivity index (χ1n) is 5.16. The molecule has 4 N–H and O–H groups in total. The van der Waals surface area contributed by atoms with Gasteiger partial charge in [-0.1, -0.05) is 26.0 Å². The van der Waals surface area contributed by atoms with Crippen LogP contribution in [0.5, 0.6) is 0 Å². The van der Waals surface area contributed by atoms with Crippen LogP contribution in [0.25, 0.3) is 0 Å². The van der Waals surface area contributed by atoms with Crippen molar-refractivity contribution in [2.75, 3.05) is 11.9 Å². The zero-order valence-electron chi connectivity index (χ0n) is 9.50. The average Bonchev–Trinajstić information content (AvgIpc) is 2.26. The van der Waals surface area contributed by atoms with Crippen LogP contribution in [0.3, 0.4) is 0 Å². The van der Waals surface area contributed by atoms with E-state index in [0.29, 0.717) is 11.9 Å². The number of guanidine groups is 1. The maximum Gasteiger partial charge on any atom is 0.210 e. The number of aliphatic imine (C=N–C) groups is 1. The van der Waals surface area contributed by atoms with Crippen molar-refractivity contribution in [2.45, 2.75) is 13.8 Å². The molecule has 0 saturated heterocycles. The number of nitrogens with one attached hydrogen (secondary N) is 2. The van der Waals surface area contributed by atoms with Crippen LogP contribution in [-0.2, 0) is 0 Å². The first kappa shape index (κ1) is 13.0. The topological polar surface area (TPSA) is 62.4 Å². The first-order valence-corrected chi connectivity index (χ1v) is 5.95. The van der Waals surface area contributed by atoms with Crippen molar-refractivity contribution in [1.82, 2.24) is 5.43 Å². The molecule has 0 saturated carbocycles. The molecule has 4 nitrogen and oxygen atoms in total. The van der Waals surface area contributed by atoms with Crippen LogP contribution in [0, 0.1) is 5.92 Å². The smallest absolute Gasteiger partial charge is 0.210 e. The highest BCUT2D eigenvalue weighted by Crippen LogP contribution is 2.20. The molecule has 0 aliphatic carbocycles. The van der Waals surface area contributed by atoms with Crippen LogP contribution in [-0.4, -0.2) is 12.5 Å². The van der Waals surface area contributed by atoms with Gasteiger partial charge in [0.05, 0.1) is 5.69 Å². The Bertz CT molecular complexity index is 363. The third kappa shape index (κ3) is 4.20. The van der Waals surface area contributed by atoms with Crippen LogP contribution in [0.1, 0.15) is 13.8 Å². The van der Waals surface area contributed by atoms with E-state index in [9.17, 15) is 0 Å². The van der Waals surface area contributed by atoms with E-state index in [1.807, 2.05) is 24.3 Å². The summed E-state index contributed by atoms with van der Waals surface area (Å²) < 4.78 is 0.975. The minimum atomic E-state index is 0.504. The standard InChI is InChI=1S/C11H17BrN4/c1-8(2)7-14-11(16-13)15-10-6-4-3-5-9(10)12/h3-6,8H,7,13H2,1-2H3,(H2,14,15,16). The van der Waals surface area contributed by atoms with Gasteiger partial charge in [0.25, 0.3) is 0 Å². The number of hydrogen-bond donors (Lipinski definition) is 3. The highest BCUT2D eigenvalue weighted by molar-refractivity contribution is 9.10. The highest BCUT2D eigenvalue weighted by atomic mass is 79.9. The Kier molecular flexibility index (Phi) is 5.28. The van der Waals surface area contributed by atoms with Crippen molar-refractivity contribution in [3.8, 4) is 0 Å². The number of para-hydroxylation sites is 1. The number of hydrogen-bond acceptors (Lipinski definition) is 2. The van der Waals surface area contributed by atoms with Gasteiger partial charge in [0, 0.05) is 11.0 Å². The fourth-order valence-electron chi connectivity index (χ4n) is 1.09. The van der Waals surface area contributed by atoms with Crippen molar-refractivity contribution in [2.24, 2.45) is 16.8 Å². The van der Waals surface area contributed by atoms with Crippen molar-refractivity contribution in [3.63, 3.8) is 0 Å². The summed E-state index contributed by atoms with van der Waals surface area (Å²) in [5.41, 5.74) is 3.48. The van der Waals surface area contributed by atoms with Gasteiger partial charge in [0.2, 0.25) is 5.96 Å². The summed E-state index contributed by atoms with van der Waals surface area (Å²) in [5, 5.41) is 3.12.